The Morgan fingerprint density at radius 3 is 1.86 bits per heavy atom. The van der Waals surface area contributed by atoms with Gasteiger partial charge in [-0.2, -0.15) is 0 Å². The van der Waals surface area contributed by atoms with E-state index in [4.69, 9.17) is 19.9 Å². The first-order chi connectivity index (χ1) is 16.8. The SMILES string of the molecule is CCC(=O)OC(C)CC(c1ccc(OC(=O)CCC(C)C)c(OC(=O)CCC(C)C)c1)[C@H](N)C(=O)O. The summed E-state index contributed by atoms with van der Waals surface area (Å²) >= 11 is 0. The maximum absolute atomic E-state index is 12.5. The number of benzene rings is 1. The summed E-state index contributed by atoms with van der Waals surface area (Å²) < 4.78 is 16.3. The standard InChI is InChI=1S/C27H41NO8/c1-7-23(29)34-18(6)14-20(26(28)27(32)33)19-10-11-21(35-24(30)12-8-16(2)3)22(15-19)36-25(31)13-9-17(4)5/h10-11,15-18,20,26H,7-9,12-14,28H2,1-6H3,(H,32,33)/t18?,20?,26-/m0/s1. The van der Waals surface area contributed by atoms with Gasteiger partial charge in [-0.25, -0.2) is 0 Å². The Morgan fingerprint density at radius 2 is 1.39 bits per heavy atom. The van der Waals surface area contributed by atoms with Crippen LogP contribution in [-0.4, -0.2) is 41.1 Å². The van der Waals surface area contributed by atoms with Crippen LogP contribution in [0.25, 0.3) is 0 Å². The maximum atomic E-state index is 12.5. The molecule has 0 aliphatic heterocycles. The van der Waals surface area contributed by atoms with E-state index in [0.717, 1.165) is 0 Å². The molecule has 36 heavy (non-hydrogen) atoms. The van der Waals surface area contributed by atoms with Gasteiger partial charge in [0.1, 0.15) is 6.04 Å². The van der Waals surface area contributed by atoms with Gasteiger partial charge in [0.25, 0.3) is 0 Å². The molecular weight excluding hydrogens is 466 g/mol. The van der Waals surface area contributed by atoms with E-state index < -0.39 is 41.9 Å². The summed E-state index contributed by atoms with van der Waals surface area (Å²) in [6.45, 7) is 11.3. The molecule has 0 saturated carbocycles. The normalized spacial score (nSPS) is 13.7. The van der Waals surface area contributed by atoms with Crippen LogP contribution >= 0.6 is 0 Å². The molecule has 1 aromatic carbocycles. The van der Waals surface area contributed by atoms with Gasteiger partial charge in [-0.05, 0) is 55.7 Å². The first-order valence-electron chi connectivity index (χ1n) is 12.6. The van der Waals surface area contributed by atoms with Crippen molar-refractivity contribution in [2.75, 3.05) is 0 Å². The van der Waals surface area contributed by atoms with E-state index in [9.17, 15) is 24.3 Å². The number of ether oxygens (including phenoxy) is 3. The number of carbonyl (C=O) groups is 4. The Kier molecular flexibility index (Phi) is 13.2. The van der Waals surface area contributed by atoms with Gasteiger partial charge in [0.2, 0.25) is 0 Å². The van der Waals surface area contributed by atoms with Gasteiger partial charge in [0.15, 0.2) is 11.5 Å². The highest BCUT2D eigenvalue weighted by Gasteiger charge is 2.30. The van der Waals surface area contributed by atoms with Crippen molar-refractivity contribution in [2.45, 2.75) is 98.1 Å². The number of aliphatic carboxylic acids is 1. The van der Waals surface area contributed by atoms with E-state index in [-0.39, 0.29) is 37.2 Å². The molecule has 0 spiro atoms. The van der Waals surface area contributed by atoms with Crippen molar-refractivity contribution in [3.8, 4) is 11.5 Å². The number of carboxylic acid groups (broad SMARTS) is 1. The van der Waals surface area contributed by atoms with Crippen molar-refractivity contribution in [1.29, 1.82) is 0 Å². The van der Waals surface area contributed by atoms with Crippen LogP contribution in [0.2, 0.25) is 0 Å². The van der Waals surface area contributed by atoms with E-state index in [1.165, 1.54) is 12.1 Å². The fourth-order valence-corrected chi connectivity index (χ4v) is 3.46. The van der Waals surface area contributed by atoms with Crippen molar-refractivity contribution in [3.05, 3.63) is 23.8 Å². The molecule has 3 atom stereocenters. The minimum Gasteiger partial charge on any atom is -0.480 e. The lowest BCUT2D eigenvalue weighted by Gasteiger charge is -2.25. The highest BCUT2D eigenvalue weighted by molar-refractivity contribution is 5.77. The molecule has 0 heterocycles. The maximum Gasteiger partial charge on any atom is 0.321 e. The van der Waals surface area contributed by atoms with Crippen molar-refractivity contribution >= 4 is 23.9 Å². The summed E-state index contributed by atoms with van der Waals surface area (Å²) in [7, 11) is 0. The molecule has 9 heteroatoms. The summed E-state index contributed by atoms with van der Waals surface area (Å²) in [6, 6.07) is 3.22. The zero-order valence-electron chi connectivity index (χ0n) is 22.2. The van der Waals surface area contributed by atoms with Gasteiger partial charge < -0.3 is 25.1 Å². The van der Waals surface area contributed by atoms with Crippen LogP contribution in [0.4, 0.5) is 0 Å². The lowest BCUT2D eigenvalue weighted by molar-refractivity contribution is -0.148. The number of hydrogen-bond donors (Lipinski definition) is 2. The van der Waals surface area contributed by atoms with Crippen LogP contribution in [0.1, 0.15) is 91.5 Å². The summed E-state index contributed by atoms with van der Waals surface area (Å²) in [5.74, 6) is -2.67. The lowest BCUT2D eigenvalue weighted by atomic mass is 9.87. The van der Waals surface area contributed by atoms with Crippen molar-refractivity contribution in [2.24, 2.45) is 17.6 Å². The van der Waals surface area contributed by atoms with Gasteiger partial charge in [0.05, 0.1) is 6.10 Å². The van der Waals surface area contributed by atoms with Crippen LogP contribution < -0.4 is 15.2 Å². The topological polar surface area (TPSA) is 142 Å². The number of rotatable bonds is 15. The third-order valence-corrected chi connectivity index (χ3v) is 5.62. The Hall–Kier alpha value is -2.94. The third-order valence-electron chi connectivity index (χ3n) is 5.62. The molecule has 9 nitrogen and oxygen atoms in total. The van der Waals surface area contributed by atoms with Crippen molar-refractivity contribution in [1.82, 2.24) is 0 Å². The largest absolute Gasteiger partial charge is 0.480 e. The molecule has 0 radical (unpaired) electrons. The van der Waals surface area contributed by atoms with Crippen molar-refractivity contribution in [3.63, 3.8) is 0 Å². The highest BCUT2D eigenvalue weighted by Crippen LogP contribution is 2.35. The summed E-state index contributed by atoms with van der Waals surface area (Å²) in [5, 5.41) is 9.58. The minimum atomic E-state index is -1.31. The highest BCUT2D eigenvalue weighted by atomic mass is 16.6. The number of carbonyl (C=O) groups excluding carboxylic acids is 3. The van der Waals surface area contributed by atoms with Gasteiger partial charge in [-0.15, -0.1) is 0 Å². The quantitative estimate of drug-likeness (QED) is 0.257. The lowest BCUT2D eigenvalue weighted by Crippen LogP contribution is -2.38. The van der Waals surface area contributed by atoms with E-state index >= 15 is 0 Å². The monoisotopic (exact) mass is 507 g/mol. The molecule has 0 amide bonds. The van der Waals surface area contributed by atoms with E-state index in [0.29, 0.717) is 30.2 Å². The first-order valence-corrected chi connectivity index (χ1v) is 12.6. The van der Waals surface area contributed by atoms with Crippen LogP contribution in [0.5, 0.6) is 11.5 Å². The molecule has 0 aliphatic rings. The molecule has 1 aromatic rings. The smallest absolute Gasteiger partial charge is 0.321 e. The number of esters is 3. The summed E-state index contributed by atoms with van der Waals surface area (Å²) in [5.41, 5.74) is 6.45. The van der Waals surface area contributed by atoms with Crippen LogP contribution in [0.15, 0.2) is 18.2 Å². The minimum absolute atomic E-state index is 0.0138. The second-order valence-corrected chi connectivity index (χ2v) is 9.88. The zero-order chi connectivity index (χ0) is 27.4. The molecule has 0 aliphatic carbocycles. The van der Waals surface area contributed by atoms with E-state index in [2.05, 4.69) is 0 Å². The van der Waals surface area contributed by atoms with Crippen LogP contribution in [0, 0.1) is 11.8 Å². The van der Waals surface area contributed by atoms with Gasteiger partial charge in [0, 0.05) is 25.2 Å². The number of hydrogen-bond acceptors (Lipinski definition) is 8. The first kappa shape index (κ1) is 31.1. The van der Waals surface area contributed by atoms with Crippen LogP contribution in [0.3, 0.4) is 0 Å². The predicted octanol–water partition coefficient (Wildman–Crippen LogP) is 4.60. The molecular formula is C27H41NO8. The average molecular weight is 508 g/mol. The second-order valence-electron chi connectivity index (χ2n) is 9.88. The molecule has 0 saturated heterocycles. The van der Waals surface area contributed by atoms with Gasteiger partial charge in [-0.1, -0.05) is 40.7 Å². The number of nitrogens with two attached hydrogens (primary N) is 1. The van der Waals surface area contributed by atoms with Gasteiger partial charge >= 0.3 is 23.9 Å². The average Bonchev–Trinajstić information content (AvgIpc) is 2.80. The molecule has 1 rings (SSSR count). The fraction of sp³-hybridized carbons (Fsp3) is 0.630. The molecule has 202 valence electrons. The molecule has 2 unspecified atom stereocenters. The Balaban J connectivity index is 3.31. The number of carboxylic acids is 1. The summed E-state index contributed by atoms with van der Waals surface area (Å²) in [6.07, 6.45) is 1.36. The van der Waals surface area contributed by atoms with E-state index in [1.807, 2.05) is 27.7 Å². The Labute approximate surface area is 213 Å². The zero-order valence-corrected chi connectivity index (χ0v) is 22.2. The second kappa shape index (κ2) is 15.2. The molecule has 0 aromatic heterocycles. The fourth-order valence-electron chi connectivity index (χ4n) is 3.46. The Morgan fingerprint density at radius 1 is 0.861 bits per heavy atom. The Bertz CT molecular complexity index is 896. The molecule has 0 fully saturated rings. The summed E-state index contributed by atoms with van der Waals surface area (Å²) in [4.78, 5) is 48.3. The van der Waals surface area contributed by atoms with E-state index in [1.54, 1.807) is 19.9 Å². The molecule has 3 N–H and O–H groups in total. The van der Waals surface area contributed by atoms with Crippen LogP contribution in [-0.2, 0) is 23.9 Å². The molecule has 0 bridgehead atoms. The third kappa shape index (κ3) is 11.2. The predicted molar refractivity (Wildman–Crippen MR) is 135 cm³/mol. The van der Waals surface area contributed by atoms with Gasteiger partial charge in [-0.3, -0.25) is 19.2 Å². The van der Waals surface area contributed by atoms with Crippen molar-refractivity contribution < 1.29 is 38.5 Å².